The third-order valence-corrected chi connectivity index (χ3v) is 4.58. The summed E-state index contributed by atoms with van der Waals surface area (Å²) in [6.07, 6.45) is 6.60. The first-order chi connectivity index (χ1) is 11.1. The number of hydrogen-bond donors (Lipinski definition) is 2. The average Bonchev–Trinajstić information content (AvgIpc) is 2.45. The SMILES string of the molecule is CC(Cc1cnccn1)NC1CC(NC(=O)OC(C)(C)C)C1(C)C. The van der Waals surface area contributed by atoms with E-state index >= 15 is 0 Å². The van der Waals surface area contributed by atoms with Gasteiger partial charge in [-0.15, -0.1) is 0 Å². The van der Waals surface area contributed by atoms with Crippen molar-refractivity contribution in [2.24, 2.45) is 5.41 Å². The number of carbonyl (C=O) groups is 1. The molecule has 0 aromatic carbocycles. The van der Waals surface area contributed by atoms with Gasteiger partial charge in [0, 0.05) is 48.6 Å². The van der Waals surface area contributed by atoms with Crippen molar-refractivity contribution in [3.05, 3.63) is 24.3 Å². The van der Waals surface area contributed by atoms with Crippen LogP contribution in [0.4, 0.5) is 4.79 Å². The molecule has 1 heterocycles. The van der Waals surface area contributed by atoms with Crippen molar-refractivity contribution in [1.82, 2.24) is 20.6 Å². The van der Waals surface area contributed by atoms with Gasteiger partial charge in [-0.3, -0.25) is 9.97 Å². The Morgan fingerprint density at radius 1 is 1.38 bits per heavy atom. The van der Waals surface area contributed by atoms with E-state index in [1.54, 1.807) is 18.6 Å². The monoisotopic (exact) mass is 334 g/mol. The number of rotatable bonds is 5. The van der Waals surface area contributed by atoms with E-state index in [0.29, 0.717) is 12.1 Å². The molecule has 6 heteroatoms. The number of ether oxygens (including phenoxy) is 1. The van der Waals surface area contributed by atoms with E-state index in [1.807, 2.05) is 20.8 Å². The molecular weight excluding hydrogens is 304 g/mol. The van der Waals surface area contributed by atoms with Crippen LogP contribution in [0.25, 0.3) is 0 Å². The van der Waals surface area contributed by atoms with Crippen LogP contribution in [0.1, 0.15) is 53.7 Å². The minimum atomic E-state index is -0.471. The molecule has 2 N–H and O–H groups in total. The van der Waals surface area contributed by atoms with Crippen LogP contribution < -0.4 is 10.6 Å². The Hall–Kier alpha value is -1.69. The van der Waals surface area contributed by atoms with E-state index in [-0.39, 0.29) is 17.6 Å². The van der Waals surface area contributed by atoms with Crippen LogP contribution in [0.2, 0.25) is 0 Å². The summed E-state index contributed by atoms with van der Waals surface area (Å²) in [4.78, 5) is 20.4. The van der Waals surface area contributed by atoms with E-state index in [2.05, 4.69) is 41.4 Å². The molecule has 0 spiro atoms. The average molecular weight is 334 g/mol. The summed E-state index contributed by atoms with van der Waals surface area (Å²) in [7, 11) is 0. The topological polar surface area (TPSA) is 76.1 Å². The summed E-state index contributed by atoms with van der Waals surface area (Å²) in [5.74, 6) is 0. The van der Waals surface area contributed by atoms with Gasteiger partial charge in [-0.1, -0.05) is 13.8 Å². The predicted molar refractivity (Wildman–Crippen MR) is 93.7 cm³/mol. The highest BCUT2D eigenvalue weighted by Crippen LogP contribution is 2.41. The van der Waals surface area contributed by atoms with Crippen molar-refractivity contribution in [3.63, 3.8) is 0 Å². The number of amides is 1. The quantitative estimate of drug-likeness (QED) is 0.866. The summed E-state index contributed by atoms with van der Waals surface area (Å²) < 4.78 is 5.35. The second kappa shape index (κ2) is 7.05. The van der Waals surface area contributed by atoms with Gasteiger partial charge in [0.25, 0.3) is 0 Å². The fraction of sp³-hybridized carbons (Fsp3) is 0.722. The van der Waals surface area contributed by atoms with Crippen molar-refractivity contribution in [2.75, 3.05) is 0 Å². The molecule has 3 unspecified atom stereocenters. The number of carbonyl (C=O) groups excluding carboxylic acids is 1. The van der Waals surface area contributed by atoms with E-state index in [1.165, 1.54) is 0 Å². The van der Waals surface area contributed by atoms with Gasteiger partial charge in [-0.2, -0.15) is 0 Å². The molecular formula is C18H30N4O2. The number of aromatic nitrogens is 2. The molecule has 1 saturated carbocycles. The summed E-state index contributed by atoms with van der Waals surface area (Å²) in [5, 5.41) is 6.64. The standard InChI is InChI=1S/C18H30N4O2/c1-12(9-13-11-19-7-8-20-13)21-14-10-15(18(14,5)6)22-16(23)24-17(2,3)4/h7-8,11-12,14-15,21H,9-10H2,1-6H3,(H,22,23). The maximum absolute atomic E-state index is 12.0. The Kier molecular flexibility index (Phi) is 5.48. The molecule has 1 amide bonds. The summed E-state index contributed by atoms with van der Waals surface area (Å²) in [6.45, 7) is 12.1. The maximum Gasteiger partial charge on any atom is 0.407 e. The molecule has 2 rings (SSSR count). The van der Waals surface area contributed by atoms with Crippen LogP contribution in [-0.4, -0.2) is 39.8 Å². The Labute approximate surface area is 144 Å². The second-order valence-electron chi connectivity index (χ2n) is 8.28. The normalized spacial score (nSPS) is 23.9. The molecule has 0 bridgehead atoms. The number of nitrogens with one attached hydrogen (secondary N) is 2. The van der Waals surface area contributed by atoms with Crippen LogP contribution in [0.3, 0.4) is 0 Å². The van der Waals surface area contributed by atoms with Crippen LogP contribution in [0.15, 0.2) is 18.6 Å². The molecule has 1 aromatic rings. The molecule has 3 atom stereocenters. The lowest BCUT2D eigenvalue weighted by molar-refractivity contribution is 0.0140. The van der Waals surface area contributed by atoms with E-state index in [4.69, 9.17) is 4.74 Å². The van der Waals surface area contributed by atoms with Crippen molar-refractivity contribution in [1.29, 1.82) is 0 Å². The third kappa shape index (κ3) is 4.90. The zero-order valence-electron chi connectivity index (χ0n) is 15.6. The molecule has 1 fully saturated rings. The van der Waals surface area contributed by atoms with E-state index < -0.39 is 5.60 Å². The van der Waals surface area contributed by atoms with Crippen molar-refractivity contribution in [3.8, 4) is 0 Å². The lowest BCUT2D eigenvalue weighted by Gasteiger charge is -2.53. The zero-order chi connectivity index (χ0) is 18.0. The Bertz CT molecular complexity index is 554. The van der Waals surface area contributed by atoms with Crippen molar-refractivity contribution < 1.29 is 9.53 Å². The Morgan fingerprint density at radius 2 is 2.08 bits per heavy atom. The first-order valence-electron chi connectivity index (χ1n) is 8.58. The molecule has 0 saturated heterocycles. The lowest BCUT2D eigenvalue weighted by Crippen LogP contribution is -2.67. The molecule has 1 aliphatic rings. The molecule has 6 nitrogen and oxygen atoms in total. The minimum Gasteiger partial charge on any atom is -0.444 e. The predicted octanol–water partition coefficient (Wildman–Crippen LogP) is 2.69. The molecule has 24 heavy (non-hydrogen) atoms. The largest absolute Gasteiger partial charge is 0.444 e. The van der Waals surface area contributed by atoms with Crippen LogP contribution in [0.5, 0.6) is 0 Å². The van der Waals surface area contributed by atoms with Gasteiger partial charge in [0.1, 0.15) is 5.60 Å². The smallest absolute Gasteiger partial charge is 0.407 e. The number of alkyl carbamates (subject to hydrolysis) is 1. The lowest BCUT2D eigenvalue weighted by atomic mass is 9.62. The highest BCUT2D eigenvalue weighted by molar-refractivity contribution is 5.68. The highest BCUT2D eigenvalue weighted by atomic mass is 16.6. The van der Waals surface area contributed by atoms with E-state index in [0.717, 1.165) is 18.5 Å². The Morgan fingerprint density at radius 3 is 2.62 bits per heavy atom. The second-order valence-corrected chi connectivity index (χ2v) is 8.28. The van der Waals surface area contributed by atoms with Crippen LogP contribution >= 0.6 is 0 Å². The van der Waals surface area contributed by atoms with Gasteiger partial charge in [-0.25, -0.2) is 4.79 Å². The minimum absolute atomic E-state index is 0.0203. The van der Waals surface area contributed by atoms with Gasteiger partial charge < -0.3 is 15.4 Å². The van der Waals surface area contributed by atoms with Gasteiger partial charge in [0.05, 0.1) is 5.69 Å². The van der Waals surface area contributed by atoms with Crippen LogP contribution in [-0.2, 0) is 11.2 Å². The fourth-order valence-electron chi connectivity index (χ4n) is 3.05. The molecule has 0 aliphatic heterocycles. The molecule has 1 aliphatic carbocycles. The first kappa shape index (κ1) is 18.6. The maximum atomic E-state index is 12.0. The number of nitrogens with zero attached hydrogens (tertiary/aromatic N) is 2. The van der Waals surface area contributed by atoms with Crippen molar-refractivity contribution in [2.45, 2.75) is 78.1 Å². The van der Waals surface area contributed by atoms with Crippen LogP contribution in [0, 0.1) is 5.41 Å². The summed E-state index contributed by atoms with van der Waals surface area (Å²) in [5.41, 5.74) is 0.493. The van der Waals surface area contributed by atoms with Gasteiger partial charge in [0.15, 0.2) is 0 Å². The van der Waals surface area contributed by atoms with Crippen molar-refractivity contribution >= 4 is 6.09 Å². The Balaban J connectivity index is 1.81. The first-order valence-corrected chi connectivity index (χ1v) is 8.58. The molecule has 0 radical (unpaired) electrons. The summed E-state index contributed by atoms with van der Waals surface area (Å²) >= 11 is 0. The van der Waals surface area contributed by atoms with Gasteiger partial charge in [-0.05, 0) is 34.1 Å². The zero-order valence-corrected chi connectivity index (χ0v) is 15.6. The fourth-order valence-corrected chi connectivity index (χ4v) is 3.05. The highest BCUT2D eigenvalue weighted by Gasteiger charge is 2.49. The summed E-state index contributed by atoms with van der Waals surface area (Å²) in [6, 6.07) is 0.770. The molecule has 134 valence electrons. The third-order valence-electron chi connectivity index (χ3n) is 4.58. The van der Waals surface area contributed by atoms with Gasteiger partial charge >= 0.3 is 6.09 Å². The van der Waals surface area contributed by atoms with E-state index in [9.17, 15) is 4.79 Å². The number of hydrogen-bond acceptors (Lipinski definition) is 5. The van der Waals surface area contributed by atoms with Gasteiger partial charge in [0.2, 0.25) is 0 Å². The molecule has 1 aromatic heterocycles.